The lowest BCUT2D eigenvalue weighted by Gasteiger charge is -2.15. The van der Waals surface area contributed by atoms with Gasteiger partial charge in [0.15, 0.2) is 11.5 Å². The highest BCUT2D eigenvalue weighted by atomic mass is 16.6. The van der Waals surface area contributed by atoms with Crippen molar-refractivity contribution in [2.75, 3.05) is 20.8 Å². The molecule has 128 valence electrons. The Labute approximate surface area is 136 Å². The highest BCUT2D eigenvalue weighted by molar-refractivity contribution is 5.91. The smallest absolute Gasteiger partial charge is 0.373 e. The Balaban J connectivity index is 3.31. The number of ether oxygens (including phenoxy) is 4. The van der Waals surface area contributed by atoms with Crippen molar-refractivity contribution in [3.63, 3.8) is 0 Å². The summed E-state index contributed by atoms with van der Waals surface area (Å²) in [4.78, 5) is 12.0. The summed E-state index contributed by atoms with van der Waals surface area (Å²) >= 11 is 0. The van der Waals surface area contributed by atoms with Crippen molar-refractivity contribution >= 4 is 12.0 Å². The molecule has 0 aromatic heterocycles. The van der Waals surface area contributed by atoms with Crippen LogP contribution in [0.2, 0.25) is 0 Å². The van der Waals surface area contributed by atoms with E-state index < -0.39 is 5.97 Å². The van der Waals surface area contributed by atoms with Gasteiger partial charge in [0.05, 0.1) is 33.5 Å². The molecule has 0 heterocycles. The molecule has 6 heteroatoms. The molecule has 0 fully saturated rings. The van der Waals surface area contributed by atoms with Gasteiger partial charge in [-0.1, -0.05) is 0 Å². The van der Waals surface area contributed by atoms with Crippen molar-refractivity contribution in [3.05, 3.63) is 29.0 Å². The predicted octanol–water partition coefficient (Wildman–Crippen LogP) is 2.53. The molecule has 0 saturated carbocycles. The van der Waals surface area contributed by atoms with Crippen LogP contribution in [0.5, 0.6) is 11.5 Å². The minimum atomic E-state index is -0.540. The number of hydrogen-bond acceptors (Lipinski definition) is 6. The van der Waals surface area contributed by atoms with Gasteiger partial charge in [-0.3, -0.25) is 0 Å². The lowest BCUT2D eigenvalue weighted by molar-refractivity contribution is -0.143. The maximum atomic E-state index is 12.0. The summed E-state index contributed by atoms with van der Waals surface area (Å²) < 4.78 is 21.0. The van der Waals surface area contributed by atoms with Gasteiger partial charge in [-0.15, -0.1) is 0 Å². The number of carbonyl (C=O) groups excluding carboxylic acids is 1. The summed E-state index contributed by atoms with van der Waals surface area (Å²) in [5.41, 5.74) is 1.18. The summed E-state index contributed by atoms with van der Waals surface area (Å²) in [7, 11) is 3.00. The Bertz CT molecular complexity index is 537. The second-order valence-corrected chi connectivity index (χ2v) is 4.97. The van der Waals surface area contributed by atoms with E-state index in [1.807, 2.05) is 13.8 Å². The molecule has 0 aliphatic rings. The first-order valence-electron chi connectivity index (χ1n) is 7.38. The third kappa shape index (κ3) is 5.17. The summed E-state index contributed by atoms with van der Waals surface area (Å²) in [5.74, 6) is 0.465. The topological polar surface area (TPSA) is 74.2 Å². The molecule has 1 rings (SSSR count). The lowest BCUT2D eigenvalue weighted by atomic mass is 10.1. The van der Waals surface area contributed by atoms with Crippen LogP contribution in [0.3, 0.4) is 0 Å². The average molecular weight is 324 g/mol. The summed E-state index contributed by atoms with van der Waals surface area (Å²) in [6.07, 6.45) is 1.38. The molecule has 0 unspecified atom stereocenters. The van der Waals surface area contributed by atoms with Crippen LogP contribution in [0.4, 0.5) is 0 Å². The van der Waals surface area contributed by atoms with E-state index in [-0.39, 0.29) is 25.1 Å². The van der Waals surface area contributed by atoms with E-state index in [9.17, 15) is 9.90 Å². The molecule has 0 aliphatic heterocycles. The quantitative estimate of drug-likeness (QED) is 0.450. The van der Waals surface area contributed by atoms with Crippen molar-refractivity contribution in [2.24, 2.45) is 0 Å². The molecule has 6 nitrogen and oxygen atoms in total. The Kier molecular flexibility index (Phi) is 7.41. The molecule has 0 saturated heterocycles. The average Bonchev–Trinajstić information content (AvgIpc) is 2.52. The first-order valence-corrected chi connectivity index (χ1v) is 7.38. The zero-order chi connectivity index (χ0) is 17.4. The second kappa shape index (κ2) is 9.05. The van der Waals surface area contributed by atoms with Gasteiger partial charge in [0.1, 0.15) is 0 Å². The van der Waals surface area contributed by atoms with Gasteiger partial charge >= 0.3 is 5.97 Å². The minimum Gasteiger partial charge on any atom is -0.493 e. The fourth-order valence-corrected chi connectivity index (χ4v) is 2.02. The Morgan fingerprint density at radius 2 is 1.96 bits per heavy atom. The van der Waals surface area contributed by atoms with Gasteiger partial charge in [0.25, 0.3) is 0 Å². The number of aliphatic hydroxyl groups is 1. The fraction of sp³-hybridized carbons (Fsp3) is 0.471. The maximum absolute atomic E-state index is 12.0. The fourth-order valence-electron chi connectivity index (χ4n) is 2.02. The van der Waals surface area contributed by atoms with E-state index in [1.165, 1.54) is 14.2 Å². The molecule has 0 amide bonds. The molecular weight excluding hydrogens is 300 g/mol. The molecule has 0 bridgehead atoms. The van der Waals surface area contributed by atoms with E-state index in [0.717, 1.165) is 0 Å². The van der Waals surface area contributed by atoms with Crippen molar-refractivity contribution in [2.45, 2.75) is 33.5 Å². The van der Waals surface area contributed by atoms with Crippen molar-refractivity contribution in [1.29, 1.82) is 0 Å². The molecule has 1 aromatic rings. The van der Waals surface area contributed by atoms with Crippen molar-refractivity contribution < 1.29 is 28.8 Å². The van der Waals surface area contributed by atoms with E-state index >= 15 is 0 Å². The third-order valence-corrected chi connectivity index (χ3v) is 2.89. The predicted molar refractivity (Wildman–Crippen MR) is 86.3 cm³/mol. The molecule has 1 aromatic carbocycles. The molecule has 1 N–H and O–H groups in total. The number of aliphatic hydroxyl groups excluding tert-OH is 1. The van der Waals surface area contributed by atoms with E-state index in [1.54, 1.807) is 25.1 Å². The Morgan fingerprint density at radius 1 is 1.26 bits per heavy atom. The second-order valence-electron chi connectivity index (χ2n) is 4.97. The number of methoxy groups -OCH3 is 2. The van der Waals surface area contributed by atoms with Crippen LogP contribution < -0.4 is 9.47 Å². The summed E-state index contributed by atoms with van der Waals surface area (Å²) in [5, 5.41) is 9.49. The molecule has 0 radical (unpaired) electrons. The van der Waals surface area contributed by atoms with Crippen molar-refractivity contribution in [3.8, 4) is 11.5 Å². The lowest BCUT2D eigenvalue weighted by Crippen LogP contribution is -2.14. The highest BCUT2D eigenvalue weighted by Gasteiger charge is 2.16. The highest BCUT2D eigenvalue weighted by Crippen LogP contribution is 2.33. The van der Waals surface area contributed by atoms with Gasteiger partial charge in [-0.05, 0) is 44.5 Å². The maximum Gasteiger partial charge on any atom is 0.373 e. The van der Waals surface area contributed by atoms with E-state index in [2.05, 4.69) is 0 Å². The number of hydrogen-bond donors (Lipinski definition) is 1. The number of benzene rings is 1. The van der Waals surface area contributed by atoms with E-state index in [0.29, 0.717) is 22.6 Å². The first-order chi connectivity index (χ1) is 11.0. The van der Waals surface area contributed by atoms with Crippen LogP contribution in [0.15, 0.2) is 17.9 Å². The van der Waals surface area contributed by atoms with Gasteiger partial charge < -0.3 is 24.1 Å². The molecule has 0 spiro atoms. The van der Waals surface area contributed by atoms with Crippen LogP contribution in [0.1, 0.15) is 31.9 Å². The Morgan fingerprint density at radius 3 is 2.43 bits per heavy atom. The van der Waals surface area contributed by atoms with E-state index in [4.69, 9.17) is 18.9 Å². The monoisotopic (exact) mass is 324 g/mol. The summed E-state index contributed by atoms with van der Waals surface area (Å²) in [6, 6.07) is 3.39. The number of rotatable bonds is 8. The van der Waals surface area contributed by atoms with Crippen LogP contribution in [-0.4, -0.2) is 38.0 Å². The largest absolute Gasteiger partial charge is 0.493 e. The zero-order valence-electron chi connectivity index (χ0n) is 14.2. The zero-order valence-corrected chi connectivity index (χ0v) is 14.2. The van der Waals surface area contributed by atoms with Gasteiger partial charge in [0.2, 0.25) is 5.76 Å². The number of carbonyl (C=O) groups is 1. The van der Waals surface area contributed by atoms with Crippen LogP contribution in [0, 0.1) is 0 Å². The summed E-state index contributed by atoms with van der Waals surface area (Å²) in [6.45, 7) is 5.40. The Hall–Kier alpha value is -2.21. The van der Waals surface area contributed by atoms with Crippen LogP contribution >= 0.6 is 0 Å². The molecule has 23 heavy (non-hydrogen) atoms. The minimum absolute atomic E-state index is 0.0953. The number of esters is 1. The normalized spacial score (nSPS) is 11.3. The molecule has 0 aliphatic carbocycles. The first kappa shape index (κ1) is 18.8. The standard InChI is InChI=1S/C17H24O6/c1-6-22-17(19)15(23-11(2)3)9-12-7-13(10-18)16(21-5)14(8-12)20-4/h7-9,11,18H,6,10H2,1-5H3/b15-9-. The third-order valence-electron chi connectivity index (χ3n) is 2.89. The van der Waals surface area contributed by atoms with Crippen LogP contribution in [0.25, 0.3) is 6.08 Å². The van der Waals surface area contributed by atoms with Crippen LogP contribution in [-0.2, 0) is 20.9 Å². The molecular formula is C17H24O6. The van der Waals surface area contributed by atoms with Gasteiger partial charge in [-0.2, -0.15) is 0 Å². The van der Waals surface area contributed by atoms with Gasteiger partial charge in [0, 0.05) is 5.56 Å². The molecule has 0 atom stereocenters. The SMILES string of the molecule is CCOC(=O)/C(=C/c1cc(CO)c(OC)c(OC)c1)OC(C)C. The van der Waals surface area contributed by atoms with Crippen molar-refractivity contribution in [1.82, 2.24) is 0 Å². The van der Waals surface area contributed by atoms with Gasteiger partial charge in [-0.25, -0.2) is 4.79 Å².